The van der Waals surface area contributed by atoms with Gasteiger partial charge in [0, 0.05) is 13.0 Å². The number of halogens is 1. The summed E-state index contributed by atoms with van der Waals surface area (Å²) in [6.07, 6.45) is 1.35. The summed E-state index contributed by atoms with van der Waals surface area (Å²) in [5.41, 5.74) is 0.955. The van der Waals surface area contributed by atoms with Crippen LogP contribution < -0.4 is 20.1 Å². The van der Waals surface area contributed by atoms with Gasteiger partial charge in [-0.25, -0.2) is 0 Å². The number of ether oxygens (including phenoxy) is 2. The lowest BCUT2D eigenvalue weighted by molar-refractivity contribution is -0.121. The Kier molecular flexibility index (Phi) is 7.40. The molecule has 0 saturated carbocycles. The minimum absolute atomic E-state index is 0.0474. The zero-order chi connectivity index (χ0) is 15.0. The summed E-state index contributed by atoms with van der Waals surface area (Å²) in [4.78, 5) is 11.6. The lowest BCUT2D eigenvalue weighted by atomic mass is 10.2. The van der Waals surface area contributed by atoms with E-state index >= 15 is 0 Å². The summed E-state index contributed by atoms with van der Waals surface area (Å²) in [6.45, 7) is 1.31. The van der Waals surface area contributed by atoms with E-state index < -0.39 is 0 Å². The molecule has 0 saturated heterocycles. The molecule has 1 aromatic rings. The smallest absolute Gasteiger partial charge is 0.220 e. The summed E-state index contributed by atoms with van der Waals surface area (Å²) in [7, 11) is 5.05. The molecule has 0 unspecified atom stereocenters. The highest BCUT2D eigenvalue weighted by Crippen LogP contribution is 2.36. The second kappa shape index (κ2) is 8.81. The molecule has 0 fully saturated rings. The first kappa shape index (κ1) is 16.8. The van der Waals surface area contributed by atoms with Gasteiger partial charge in [-0.1, -0.05) is 0 Å². The fourth-order valence-electron chi connectivity index (χ4n) is 1.79. The molecule has 5 nitrogen and oxygen atoms in total. The Morgan fingerprint density at radius 2 is 2.05 bits per heavy atom. The van der Waals surface area contributed by atoms with E-state index in [0.29, 0.717) is 24.5 Å². The first-order chi connectivity index (χ1) is 9.62. The predicted octanol–water partition coefficient (Wildman–Crippen LogP) is 2.08. The number of benzene rings is 1. The molecule has 0 spiro atoms. The molecule has 20 heavy (non-hydrogen) atoms. The van der Waals surface area contributed by atoms with Crippen molar-refractivity contribution in [3.05, 3.63) is 22.2 Å². The molecule has 0 aliphatic rings. The van der Waals surface area contributed by atoms with Crippen molar-refractivity contribution in [2.75, 3.05) is 27.8 Å². The highest BCUT2D eigenvalue weighted by atomic mass is 79.9. The van der Waals surface area contributed by atoms with E-state index in [9.17, 15) is 4.79 Å². The number of hydrogen-bond donors (Lipinski definition) is 2. The molecule has 0 bridgehead atoms. The average molecular weight is 345 g/mol. The molecule has 0 atom stereocenters. The van der Waals surface area contributed by atoms with Gasteiger partial charge in [0.1, 0.15) is 0 Å². The molecule has 6 heteroatoms. The SMILES string of the molecule is CNCCCC(=O)NCc1cc(Br)c(OC)c(OC)c1. The fraction of sp³-hybridized carbons (Fsp3) is 0.500. The number of methoxy groups -OCH3 is 2. The van der Waals surface area contributed by atoms with Gasteiger partial charge in [-0.2, -0.15) is 0 Å². The second-order valence-corrected chi connectivity index (χ2v) is 5.15. The van der Waals surface area contributed by atoms with E-state index in [-0.39, 0.29) is 5.91 Å². The molecule has 1 rings (SSSR count). The normalized spacial score (nSPS) is 10.2. The number of hydrogen-bond acceptors (Lipinski definition) is 4. The van der Waals surface area contributed by atoms with Crippen molar-refractivity contribution in [3.8, 4) is 11.5 Å². The molecule has 1 amide bonds. The summed E-state index contributed by atoms with van der Waals surface area (Å²) in [5.74, 6) is 1.34. The number of rotatable bonds is 8. The van der Waals surface area contributed by atoms with Gasteiger partial charge in [-0.3, -0.25) is 4.79 Å². The van der Waals surface area contributed by atoms with Gasteiger partial charge in [0.15, 0.2) is 11.5 Å². The zero-order valence-corrected chi connectivity index (χ0v) is 13.7. The molecule has 1 aromatic carbocycles. The Balaban J connectivity index is 2.60. The van der Waals surface area contributed by atoms with Crippen LogP contribution in [0.2, 0.25) is 0 Å². The minimum Gasteiger partial charge on any atom is -0.493 e. The van der Waals surface area contributed by atoms with Crippen molar-refractivity contribution in [1.82, 2.24) is 10.6 Å². The maximum atomic E-state index is 11.6. The molecular formula is C14H21BrN2O3. The lowest BCUT2D eigenvalue weighted by Crippen LogP contribution is -2.23. The third-order valence-electron chi connectivity index (χ3n) is 2.81. The number of carbonyl (C=O) groups is 1. The Bertz CT molecular complexity index is 452. The third kappa shape index (κ3) is 5.02. The molecule has 0 radical (unpaired) electrons. The zero-order valence-electron chi connectivity index (χ0n) is 12.1. The summed E-state index contributed by atoms with van der Waals surface area (Å²) in [6, 6.07) is 3.77. The lowest BCUT2D eigenvalue weighted by Gasteiger charge is -2.12. The summed E-state index contributed by atoms with van der Waals surface area (Å²) < 4.78 is 11.3. The topological polar surface area (TPSA) is 59.6 Å². The van der Waals surface area contributed by atoms with Gasteiger partial charge in [-0.05, 0) is 53.6 Å². The first-order valence-corrected chi connectivity index (χ1v) is 7.23. The van der Waals surface area contributed by atoms with Crippen LogP contribution in [0, 0.1) is 0 Å². The van der Waals surface area contributed by atoms with Crippen LogP contribution in [0.1, 0.15) is 18.4 Å². The van der Waals surface area contributed by atoms with Gasteiger partial charge >= 0.3 is 0 Å². The quantitative estimate of drug-likeness (QED) is 0.709. The Labute approximate surface area is 128 Å². The van der Waals surface area contributed by atoms with Crippen LogP contribution in [0.3, 0.4) is 0 Å². The highest BCUT2D eigenvalue weighted by molar-refractivity contribution is 9.10. The number of amides is 1. The van der Waals surface area contributed by atoms with E-state index in [1.807, 2.05) is 19.2 Å². The Hall–Kier alpha value is -1.27. The van der Waals surface area contributed by atoms with Crippen molar-refractivity contribution >= 4 is 21.8 Å². The van der Waals surface area contributed by atoms with E-state index in [4.69, 9.17) is 9.47 Å². The molecule has 112 valence electrons. The molecule has 0 aliphatic carbocycles. The van der Waals surface area contributed by atoms with E-state index in [2.05, 4.69) is 26.6 Å². The molecule has 0 aliphatic heterocycles. The van der Waals surface area contributed by atoms with Crippen molar-refractivity contribution in [2.24, 2.45) is 0 Å². The van der Waals surface area contributed by atoms with Crippen LogP contribution in [0.25, 0.3) is 0 Å². The van der Waals surface area contributed by atoms with Gasteiger partial charge in [0.05, 0.1) is 18.7 Å². The fourth-order valence-corrected chi connectivity index (χ4v) is 2.44. The van der Waals surface area contributed by atoms with Crippen LogP contribution in [0.15, 0.2) is 16.6 Å². The van der Waals surface area contributed by atoms with Crippen molar-refractivity contribution < 1.29 is 14.3 Å². The summed E-state index contributed by atoms with van der Waals surface area (Å²) in [5, 5.41) is 5.91. The van der Waals surface area contributed by atoms with Crippen molar-refractivity contribution in [1.29, 1.82) is 0 Å². The first-order valence-electron chi connectivity index (χ1n) is 6.44. The predicted molar refractivity (Wildman–Crippen MR) is 82.3 cm³/mol. The van der Waals surface area contributed by atoms with E-state index in [1.165, 1.54) is 0 Å². The molecule has 2 N–H and O–H groups in total. The van der Waals surface area contributed by atoms with Crippen molar-refractivity contribution in [3.63, 3.8) is 0 Å². The van der Waals surface area contributed by atoms with Crippen LogP contribution in [0.4, 0.5) is 0 Å². The van der Waals surface area contributed by atoms with Gasteiger partial charge in [0.2, 0.25) is 5.91 Å². The van der Waals surface area contributed by atoms with Gasteiger partial charge < -0.3 is 20.1 Å². The molecule has 0 heterocycles. The van der Waals surface area contributed by atoms with Crippen LogP contribution in [0.5, 0.6) is 11.5 Å². The molecular weight excluding hydrogens is 324 g/mol. The van der Waals surface area contributed by atoms with E-state index in [0.717, 1.165) is 23.0 Å². The maximum Gasteiger partial charge on any atom is 0.220 e. The van der Waals surface area contributed by atoms with Crippen LogP contribution in [-0.4, -0.2) is 33.7 Å². The number of carbonyl (C=O) groups excluding carboxylic acids is 1. The van der Waals surface area contributed by atoms with Gasteiger partial charge in [0.25, 0.3) is 0 Å². The monoisotopic (exact) mass is 344 g/mol. The van der Waals surface area contributed by atoms with Crippen LogP contribution in [-0.2, 0) is 11.3 Å². The summed E-state index contributed by atoms with van der Waals surface area (Å²) >= 11 is 3.43. The largest absolute Gasteiger partial charge is 0.493 e. The Morgan fingerprint density at radius 3 is 2.65 bits per heavy atom. The Morgan fingerprint density at radius 1 is 1.30 bits per heavy atom. The average Bonchev–Trinajstić information content (AvgIpc) is 2.44. The van der Waals surface area contributed by atoms with Crippen molar-refractivity contribution in [2.45, 2.75) is 19.4 Å². The standard InChI is InChI=1S/C14H21BrN2O3/c1-16-6-4-5-13(18)17-9-10-7-11(15)14(20-3)12(8-10)19-2/h7-8,16H,4-6,9H2,1-3H3,(H,17,18). The molecule has 0 aromatic heterocycles. The van der Waals surface area contributed by atoms with Crippen LogP contribution >= 0.6 is 15.9 Å². The highest BCUT2D eigenvalue weighted by Gasteiger charge is 2.11. The third-order valence-corrected chi connectivity index (χ3v) is 3.40. The maximum absolute atomic E-state index is 11.6. The number of nitrogens with one attached hydrogen (secondary N) is 2. The minimum atomic E-state index is 0.0474. The second-order valence-electron chi connectivity index (χ2n) is 4.30. The van der Waals surface area contributed by atoms with Gasteiger partial charge in [-0.15, -0.1) is 0 Å². The van der Waals surface area contributed by atoms with E-state index in [1.54, 1.807) is 14.2 Å².